The van der Waals surface area contributed by atoms with Crippen LogP contribution in [0.3, 0.4) is 0 Å². The molecule has 0 spiro atoms. The molecule has 23 heavy (non-hydrogen) atoms. The van der Waals surface area contributed by atoms with Crippen molar-refractivity contribution in [3.8, 4) is 0 Å². The Labute approximate surface area is 141 Å². The van der Waals surface area contributed by atoms with E-state index in [2.05, 4.69) is 10.0 Å². The predicted octanol–water partition coefficient (Wildman–Crippen LogP) is 2.70. The second kappa shape index (κ2) is 8.33. The van der Waals surface area contributed by atoms with Gasteiger partial charge in [-0.15, -0.1) is 0 Å². The quantitative estimate of drug-likeness (QED) is 0.764. The average molecular weight is 361 g/mol. The van der Waals surface area contributed by atoms with Crippen LogP contribution in [-0.2, 0) is 14.8 Å². The highest BCUT2D eigenvalue weighted by Crippen LogP contribution is 2.13. The van der Waals surface area contributed by atoms with E-state index in [-0.39, 0.29) is 18.0 Å². The fourth-order valence-corrected chi connectivity index (χ4v) is 2.58. The summed E-state index contributed by atoms with van der Waals surface area (Å²) in [6.07, 6.45) is 2.71. The summed E-state index contributed by atoms with van der Waals surface area (Å²) in [4.78, 5) is 11.5. The number of amides is 1. The molecule has 8 heteroatoms. The Morgan fingerprint density at radius 2 is 1.74 bits per heavy atom. The van der Waals surface area contributed by atoms with Gasteiger partial charge >= 0.3 is 6.09 Å². The molecule has 0 aliphatic heterocycles. The van der Waals surface area contributed by atoms with Crippen LogP contribution in [0.5, 0.6) is 0 Å². The predicted molar refractivity (Wildman–Crippen MR) is 90.0 cm³/mol. The zero-order valence-electron chi connectivity index (χ0n) is 13.3. The standard InChI is InChI=1S/C15H21ClN2O4S/c1-15(2,3)22-14(19)17-10-4-5-11-18-23(20,21)13-8-6-12(16)7-9-13/h4-9,18H,10-11H2,1-3H3,(H,17,19). The number of rotatable bonds is 6. The van der Waals surface area contributed by atoms with Crippen molar-refractivity contribution in [2.24, 2.45) is 0 Å². The maximum absolute atomic E-state index is 12.0. The molecule has 0 radical (unpaired) electrons. The van der Waals surface area contributed by atoms with Gasteiger partial charge in [-0.05, 0) is 45.0 Å². The van der Waals surface area contributed by atoms with E-state index in [9.17, 15) is 13.2 Å². The monoisotopic (exact) mass is 360 g/mol. The van der Waals surface area contributed by atoms with Gasteiger partial charge in [0.05, 0.1) is 4.90 Å². The molecule has 0 bridgehead atoms. The van der Waals surface area contributed by atoms with Crippen molar-refractivity contribution in [1.82, 2.24) is 10.0 Å². The summed E-state index contributed by atoms with van der Waals surface area (Å²) in [5, 5.41) is 3.00. The van der Waals surface area contributed by atoms with Crippen molar-refractivity contribution >= 4 is 27.7 Å². The number of alkyl carbamates (subject to hydrolysis) is 1. The zero-order valence-corrected chi connectivity index (χ0v) is 14.9. The highest BCUT2D eigenvalue weighted by atomic mass is 35.5. The van der Waals surface area contributed by atoms with Gasteiger partial charge in [0.15, 0.2) is 0 Å². The van der Waals surface area contributed by atoms with Crippen LogP contribution in [0.2, 0.25) is 5.02 Å². The van der Waals surface area contributed by atoms with Crippen molar-refractivity contribution in [2.45, 2.75) is 31.3 Å². The van der Waals surface area contributed by atoms with E-state index in [0.717, 1.165) is 0 Å². The lowest BCUT2D eigenvalue weighted by molar-refractivity contribution is 0.0534. The summed E-state index contributed by atoms with van der Waals surface area (Å²) in [5.41, 5.74) is -0.554. The number of sulfonamides is 1. The Hall–Kier alpha value is -1.57. The van der Waals surface area contributed by atoms with E-state index < -0.39 is 21.7 Å². The highest BCUT2D eigenvalue weighted by Gasteiger charge is 2.15. The minimum atomic E-state index is -3.58. The van der Waals surface area contributed by atoms with Crippen molar-refractivity contribution in [3.63, 3.8) is 0 Å². The fourth-order valence-electron chi connectivity index (χ4n) is 1.48. The number of carbonyl (C=O) groups is 1. The molecule has 128 valence electrons. The molecule has 0 saturated carbocycles. The third-order valence-electron chi connectivity index (χ3n) is 2.44. The van der Waals surface area contributed by atoms with E-state index in [1.165, 1.54) is 24.3 Å². The van der Waals surface area contributed by atoms with Crippen molar-refractivity contribution < 1.29 is 17.9 Å². The van der Waals surface area contributed by atoms with E-state index in [0.29, 0.717) is 5.02 Å². The number of carbonyl (C=O) groups excluding carboxylic acids is 1. The van der Waals surface area contributed by atoms with Gasteiger partial charge < -0.3 is 10.1 Å². The minimum absolute atomic E-state index is 0.112. The summed E-state index contributed by atoms with van der Waals surface area (Å²) in [6, 6.07) is 5.88. The normalized spacial score (nSPS) is 12.3. The summed E-state index contributed by atoms with van der Waals surface area (Å²) in [6.45, 7) is 5.68. The molecule has 6 nitrogen and oxygen atoms in total. The van der Waals surface area contributed by atoms with E-state index >= 15 is 0 Å². The Balaban J connectivity index is 2.36. The van der Waals surface area contributed by atoms with Gasteiger partial charge in [0.25, 0.3) is 0 Å². The van der Waals surface area contributed by atoms with Crippen LogP contribution in [0.1, 0.15) is 20.8 Å². The maximum Gasteiger partial charge on any atom is 0.407 e. The van der Waals surface area contributed by atoms with Gasteiger partial charge in [-0.25, -0.2) is 17.9 Å². The second-order valence-corrected chi connectivity index (χ2v) is 7.86. The first-order valence-corrected chi connectivity index (χ1v) is 8.83. The molecule has 0 unspecified atom stereocenters. The lowest BCUT2D eigenvalue weighted by Gasteiger charge is -2.19. The molecule has 0 aliphatic carbocycles. The summed E-state index contributed by atoms with van der Waals surface area (Å²) in [7, 11) is -3.58. The van der Waals surface area contributed by atoms with Gasteiger partial charge in [0.2, 0.25) is 10.0 Å². The topological polar surface area (TPSA) is 84.5 Å². The molecule has 0 aliphatic rings. The van der Waals surface area contributed by atoms with Crippen molar-refractivity contribution in [3.05, 3.63) is 41.4 Å². The molecule has 0 fully saturated rings. The van der Waals surface area contributed by atoms with Gasteiger partial charge in [0.1, 0.15) is 5.60 Å². The highest BCUT2D eigenvalue weighted by molar-refractivity contribution is 7.89. The third kappa shape index (κ3) is 8.01. The van der Waals surface area contributed by atoms with Crippen molar-refractivity contribution in [1.29, 1.82) is 0 Å². The third-order valence-corrected chi connectivity index (χ3v) is 4.14. The van der Waals surface area contributed by atoms with Gasteiger partial charge in [0, 0.05) is 18.1 Å². The lowest BCUT2D eigenvalue weighted by Crippen LogP contribution is -2.32. The largest absolute Gasteiger partial charge is 0.444 e. The molecule has 1 amide bonds. The SMILES string of the molecule is CC(C)(C)OC(=O)NCC=CCNS(=O)(=O)c1ccc(Cl)cc1. The van der Waals surface area contributed by atoms with Gasteiger partial charge in [-0.2, -0.15) is 0 Å². The van der Waals surface area contributed by atoms with E-state index in [1.54, 1.807) is 32.9 Å². The number of benzene rings is 1. The van der Waals surface area contributed by atoms with Crippen LogP contribution >= 0.6 is 11.6 Å². The molecule has 2 N–H and O–H groups in total. The van der Waals surface area contributed by atoms with Crippen LogP contribution in [0.15, 0.2) is 41.3 Å². The smallest absolute Gasteiger partial charge is 0.407 e. The molecule has 0 saturated heterocycles. The molecular weight excluding hydrogens is 340 g/mol. The molecular formula is C15H21ClN2O4S. The number of ether oxygens (including phenoxy) is 1. The Morgan fingerprint density at radius 3 is 2.30 bits per heavy atom. The van der Waals surface area contributed by atoms with E-state index in [4.69, 9.17) is 16.3 Å². The number of hydrogen-bond donors (Lipinski definition) is 2. The van der Waals surface area contributed by atoms with Crippen LogP contribution in [0, 0.1) is 0 Å². The Morgan fingerprint density at radius 1 is 1.17 bits per heavy atom. The zero-order chi connectivity index (χ0) is 17.5. The lowest BCUT2D eigenvalue weighted by atomic mass is 10.2. The number of hydrogen-bond acceptors (Lipinski definition) is 4. The van der Waals surface area contributed by atoms with Crippen LogP contribution in [-0.4, -0.2) is 33.2 Å². The molecule has 0 heterocycles. The van der Waals surface area contributed by atoms with Gasteiger partial charge in [-0.3, -0.25) is 0 Å². The Kier molecular flexibility index (Phi) is 7.05. The molecule has 1 aromatic carbocycles. The first-order valence-electron chi connectivity index (χ1n) is 6.97. The molecule has 1 aromatic rings. The summed E-state index contributed by atoms with van der Waals surface area (Å²) < 4.78 is 31.4. The van der Waals surface area contributed by atoms with Crippen LogP contribution in [0.25, 0.3) is 0 Å². The average Bonchev–Trinajstić information content (AvgIpc) is 2.41. The summed E-state index contributed by atoms with van der Waals surface area (Å²) in [5.74, 6) is 0. The number of nitrogens with one attached hydrogen (secondary N) is 2. The maximum atomic E-state index is 12.0. The van der Waals surface area contributed by atoms with Gasteiger partial charge in [-0.1, -0.05) is 23.8 Å². The molecule has 1 rings (SSSR count). The van der Waals surface area contributed by atoms with Crippen LogP contribution < -0.4 is 10.0 Å². The second-order valence-electron chi connectivity index (χ2n) is 5.66. The fraction of sp³-hybridized carbons (Fsp3) is 0.400. The minimum Gasteiger partial charge on any atom is -0.444 e. The first-order chi connectivity index (χ1) is 10.6. The first kappa shape index (κ1) is 19.5. The number of halogens is 1. The summed E-state index contributed by atoms with van der Waals surface area (Å²) >= 11 is 5.72. The van der Waals surface area contributed by atoms with Crippen LogP contribution in [0.4, 0.5) is 4.79 Å². The molecule has 0 atom stereocenters. The Bertz CT molecular complexity index is 649. The van der Waals surface area contributed by atoms with Crippen molar-refractivity contribution in [2.75, 3.05) is 13.1 Å². The molecule has 0 aromatic heterocycles. The van der Waals surface area contributed by atoms with E-state index in [1.807, 2.05) is 0 Å².